The number of benzene rings is 1. The van der Waals surface area contributed by atoms with Crippen LogP contribution in [0, 0.1) is 13.8 Å². The highest BCUT2D eigenvalue weighted by atomic mass is 16.2. The Morgan fingerprint density at radius 3 is 2.50 bits per heavy atom. The zero-order valence-corrected chi connectivity index (χ0v) is 9.78. The molecule has 3 heteroatoms. The van der Waals surface area contributed by atoms with Crippen molar-refractivity contribution in [3.8, 4) is 0 Å². The van der Waals surface area contributed by atoms with Crippen molar-refractivity contribution in [3.05, 3.63) is 34.9 Å². The Labute approximate surface area is 95.1 Å². The van der Waals surface area contributed by atoms with Gasteiger partial charge in [0.1, 0.15) is 0 Å². The number of likely N-dealkylation sites (N-methyl/N-ethyl adjacent to an activating group) is 1. The summed E-state index contributed by atoms with van der Waals surface area (Å²) in [5, 5.41) is 0. The van der Waals surface area contributed by atoms with Gasteiger partial charge >= 0.3 is 0 Å². The number of amides is 2. The summed E-state index contributed by atoms with van der Waals surface area (Å²) in [5.74, 6) is -0.452. The lowest BCUT2D eigenvalue weighted by Crippen LogP contribution is -2.25. The lowest BCUT2D eigenvalue weighted by atomic mass is 9.91. The average Bonchev–Trinajstić information content (AvgIpc) is 2.50. The Hall–Kier alpha value is -1.64. The lowest BCUT2D eigenvalue weighted by Gasteiger charge is -2.13. The van der Waals surface area contributed by atoms with E-state index in [-0.39, 0.29) is 17.7 Å². The lowest BCUT2D eigenvalue weighted by molar-refractivity contribution is -0.137. The first kappa shape index (κ1) is 10.9. The molecule has 84 valence electrons. The average molecular weight is 217 g/mol. The summed E-state index contributed by atoms with van der Waals surface area (Å²) >= 11 is 0. The number of carbonyl (C=O) groups is 2. The molecule has 0 saturated carbocycles. The number of nitrogens with zero attached hydrogens (tertiary/aromatic N) is 1. The molecule has 1 aromatic rings. The van der Waals surface area contributed by atoms with Gasteiger partial charge < -0.3 is 0 Å². The molecule has 0 aromatic heterocycles. The van der Waals surface area contributed by atoms with Gasteiger partial charge in [0, 0.05) is 13.5 Å². The maximum absolute atomic E-state index is 11.9. The maximum atomic E-state index is 11.9. The van der Waals surface area contributed by atoms with E-state index in [4.69, 9.17) is 0 Å². The van der Waals surface area contributed by atoms with Crippen molar-refractivity contribution in [2.75, 3.05) is 7.05 Å². The van der Waals surface area contributed by atoms with E-state index < -0.39 is 0 Å². The monoisotopic (exact) mass is 217 g/mol. The van der Waals surface area contributed by atoms with E-state index in [9.17, 15) is 9.59 Å². The highest BCUT2D eigenvalue weighted by Crippen LogP contribution is 2.31. The van der Waals surface area contributed by atoms with Gasteiger partial charge in [-0.15, -0.1) is 0 Å². The molecule has 2 amide bonds. The minimum atomic E-state index is -0.280. The minimum absolute atomic E-state index is 0.0845. The summed E-state index contributed by atoms with van der Waals surface area (Å²) in [6.45, 7) is 4.02. The van der Waals surface area contributed by atoms with Crippen molar-refractivity contribution >= 4 is 11.8 Å². The van der Waals surface area contributed by atoms with Crippen molar-refractivity contribution in [2.45, 2.75) is 26.2 Å². The van der Waals surface area contributed by atoms with Gasteiger partial charge in [0.2, 0.25) is 11.8 Å². The molecular formula is C13H15NO2. The molecule has 2 rings (SSSR count). The SMILES string of the molecule is Cc1cccc(C2CC(=O)N(C)C2=O)c1C. The molecule has 1 aliphatic heterocycles. The number of rotatable bonds is 1. The number of hydrogen-bond acceptors (Lipinski definition) is 2. The molecule has 1 aromatic carbocycles. The number of carbonyl (C=O) groups excluding carboxylic acids is 2. The normalized spacial score (nSPS) is 20.7. The van der Waals surface area contributed by atoms with Gasteiger partial charge in [-0.05, 0) is 30.5 Å². The number of aryl methyl sites for hydroxylation is 1. The zero-order chi connectivity index (χ0) is 11.9. The third kappa shape index (κ3) is 1.52. The molecule has 3 nitrogen and oxygen atoms in total. The second kappa shape index (κ2) is 3.74. The fourth-order valence-corrected chi connectivity index (χ4v) is 2.15. The number of likely N-dealkylation sites (tertiary alicyclic amines) is 1. The minimum Gasteiger partial charge on any atom is -0.285 e. The second-order valence-corrected chi connectivity index (χ2v) is 4.34. The second-order valence-electron chi connectivity index (χ2n) is 4.34. The van der Waals surface area contributed by atoms with Crippen LogP contribution < -0.4 is 0 Å². The summed E-state index contributed by atoms with van der Waals surface area (Å²) in [6.07, 6.45) is 0.305. The van der Waals surface area contributed by atoms with Crippen LogP contribution in [0.15, 0.2) is 18.2 Å². The Morgan fingerprint density at radius 1 is 1.25 bits per heavy atom. The molecule has 1 atom stereocenters. The molecular weight excluding hydrogens is 202 g/mol. The zero-order valence-electron chi connectivity index (χ0n) is 9.78. The van der Waals surface area contributed by atoms with Gasteiger partial charge in [-0.1, -0.05) is 18.2 Å². The van der Waals surface area contributed by atoms with Gasteiger partial charge in [0.15, 0.2) is 0 Å². The van der Waals surface area contributed by atoms with Crippen molar-refractivity contribution < 1.29 is 9.59 Å². The standard InChI is InChI=1S/C13H15NO2/c1-8-5-4-6-10(9(8)2)11-7-12(15)14(3)13(11)16/h4-6,11H,7H2,1-3H3. The Morgan fingerprint density at radius 2 is 1.94 bits per heavy atom. The summed E-state index contributed by atoms with van der Waals surface area (Å²) in [7, 11) is 1.55. The molecule has 0 aliphatic carbocycles. The molecule has 0 N–H and O–H groups in total. The van der Waals surface area contributed by atoms with Crippen LogP contribution in [-0.2, 0) is 9.59 Å². The smallest absolute Gasteiger partial charge is 0.236 e. The van der Waals surface area contributed by atoms with E-state index in [1.807, 2.05) is 32.0 Å². The topological polar surface area (TPSA) is 37.4 Å². The molecule has 0 spiro atoms. The van der Waals surface area contributed by atoms with Crippen LogP contribution in [0.1, 0.15) is 29.0 Å². The van der Waals surface area contributed by atoms with E-state index in [2.05, 4.69) is 0 Å². The highest BCUT2D eigenvalue weighted by molar-refractivity contribution is 6.06. The summed E-state index contributed by atoms with van der Waals surface area (Å²) in [4.78, 5) is 24.6. The first-order valence-electron chi connectivity index (χ1n) is 5.39. The summed E-state index contributed by atoms with van der Waals surface area (Å²) < 4.78 is 0. The third-order valence-corrected chi connectivity index (χ3v) is 3.40. The molecule has 1 unspecified atom stereocenters. The fraction of sp³-hybridized carbons (Fsp3) is 0.385. The highest BCUT2D eigenvalue weighted by Gasteiger charge is 2.37. The van der Waals surface area contributed by atoms with E-state index in [0.29, 0.717) is 6.42 Å². The molecule has 1 fully saturated rings. The Balaban J connectivity index is 2.43. The van der Waals surface area contributed by atoms with Crippen LogP contribution in [0.3, 0.4) is 0 Å². The predicted molar refractivity (Wildman–Crippen MR) is 61.1 cm³/mol. The van der Waals surface area contributed by atoms with Gasteiger partial charge in [0.25, 0.3) is 0 Å². The number of hydrogen-bond donors (Lipinski definition) is 0. The molecule has 1 saturated heterocycles. The Kier molecular flexibility index (Phi) is 2.54. The van der Waals surface area contributed by atoms with Crippen LogP contribution in [0.5, 0.6) is 0 Å². The van der Waals surface area contributed by atoms with E-state index >= 15 is 0 Å². The van der Waals surface area contributed by atoms with Gasteiger partial charge in [-0.2, -0.15) is 0 Å². The first-order valence-corrected chi connectivity index (χ1v) is 5.39. The van der Waals surface area contributed by atoms with Crippen molar-refractivity contribution in [3.63, 3.8) is 0 Å². The maximum Gasteiger partial charge on any atom is 0.236 e. The first-order chi connectivity index (χ1) is 7.52. The molecule has 16 heavy (non-hydrogen) atoms. The molecule has 1 heterocycles. The molecule has 1 aliphatic rings. The van der Waals surface area contributed by atoms with Crippen LogP contribution in [0.4, 0.5) is 0 Å². The van der Waals surface area contributed by atoms with Gasteiger partial charge in [-0.25, -0.2) is 0 Å². The van der Waals surface area contributed by atoms with E-state index in [1.54, 1.807) is 7.05 Å². The van der Waals surface area contributed by atoms with Crippen LogP contribution in [0.25, 0.3) is 0 Å². The van der Waals surface area contributed by atoms with Crippen LogP contribution in [0.2, 0.25) is 0 Å². The van der Waals surface area contributed by atoms with Crippen molar-refractivity contribution in [1.82, 2.24) is 4.90 Å². The van der Waals surface area contributed by atoms with Crippen LogP contribution >= 0.6 is 0 Å². The molecule has 0 radical (unpaired) electrons. The summed E-state index contributed by atoms with van der Waals surface area (Å²) in [5.41, 5.74) is 3.26. The Bertz CT molecular complexity index is 465. The van der Waals surface area contributed by atoms with Gasteiger partial charge in [-0.3, -0.25) is 14.5 Å². The van der Waals surface area contributed by atoms with E-state index in [1.165, 1.54) is 4.90 Å². The van der Waals surface area contributed by atoms with E-state index in [0.717, 1.165) is 16.7 Å². The fourth-order valence-electron chi connectivity index (χ4n) is 2.15. The summed E-state index contributed by atoms with van der Waals surface area (Å²) in [6, 6.07) is 5.90. The quantitative estimate of drug-likeness (QED) is 0.672. The van der Waals surface area contributed by atoms with Crippen LogP contribution in [-0.4, -0.2) is 23.8 Å². The van der Waals surface area contributed by atoms with Crippen molar-refractivity contribution in [2.24, 2.45) is 0 Å². The molecule has 0 bridgehead atoms. The van der Waals surface area contributed by atoms with Crippen molar-refractivity contribution in [1.29, 1.82) is 0 Å². The van der Waals surface area contributed by atoms with Gasteiger partial charge in [0.05, 0.1) is 5.92 Å². The largest absolute Gasteiger partial charge is 0.285 e. The predicted octanol–water partition coefficient (Wildman–Crippen LogP) is 1.78. The number of imide groups is 1. The third-order valence-electron chi connectivity index (χ3n) is 3.40.